The lowest BCUT2D eigenvalue weighted by molar-refractivity contribution is -0.385. The van der Waals surface area contributed by atoms with Gasteiger partial charge in [0.05, 0.1) is 22.7 Å². The second kappa shape index (κ2) is 8.79. The summed E-state index contributed by atoms with van der Waals surface area (Å²) in [7, 11) is 0. The Morgan fingerprint density at radius 1 is 1.24 bits per heavy atom. The lowest BCUT2D eigenvalue weighted by Gasteiger charge is -2.33. The molecular weight excluding hydrogens is 387 g/mol. The van der Waals surface area contributed by atoms with E-state index < -0.39 is 23.3 Å². The van der Waals surface area contributed by atoms with Crippen LogP contribution < -0.4 is 5.32 Å². The van der Waals surface area contributed by atoms with E-state index in [9.17, 15) is 28.4 Å². The van der Waals surface area contributed by atoms with Crippen molar-refractivity contribution in [2.45, 2.75) is 38.2 Å². The molecule has 2 aromatic rings. The summed E-state index contributed by atoms with van der Waals surface area (Å²) < 4.78 is 38.7. The lowest BCUT2D eigenvalue weighted by atomic mass is 10.0. The van der Waals surface area contributed by atoms with Crippen LogP contribution in [0.4, 0.5) is 24.5 Å². The van der Waals surface area contributed by atoms with Gasteiger partial charge in [-0.3, -0.25) is 15.0 Å². The third kappa shape index (κ3) is 5.45. The van der Waals surface area contributed by atoms with Crippen LogP contribution in [-0.2, 0) is 19.3 Å². The largest absolute Gasteiger partial charge is 0.416 e. The Kier molecular flexibility index (Phi) is 6.39. The third-order valence-corrected chi connectivity index (χ3v) is 4.99. The zero-order chi connectivity index (χ0) is 21.0. The van der Waals surface area contributed by atoms with Crippen molar-refractivity contribution in [2.24, 2.45) is 0 Å². The molecule has 29 heavy (non-hydrogen) atoms. The van der Waals surface area contributed by atoms with Crippen LogP contribution in [-0.4, -0.2) is 34.1 Å². The van der Waals surface area contributed by atoms with E-state index in [2.05, 4.69) is 10.2 Å². The first-order valence-corrected chi connectivity index (χ1v) is 9.29. The van der Waals surface area contributed by atoms with Crippen molar-refractivity contribution >= 4 is 11.4 Å². The van der Waals surface area contributed by atoms with Gasteiger partial charge in [-0.05, 0) is 43.1 Å². The summed E-state index contributed by atoms with van der Waals surface area (Å²) >= 11 is 0. The molecule has 0 radical (unpaired) electrons. The first-order valence-electron chi connectivity index (χ1n) is 9.29. The molecule has 2 N–H and O–H groups in total. The van der Waals surface area contributed by atoms with Gasteiger partial charge in [-0.15, -0.1) is 0 Å². The van der Waals surface area contributed by atoms with Crippen LogP contribution in [0.5, 0.6) is 0 Å². The van der Waals surface area contributed by atoms with Gasteiger partial charge in [0.25, 0.3) is 5.69 Å². The molecule has 1 unspecified atom stereocenters. The fourth-order valence-corrected chi connectivity index (χ4v) is 3.61. The number of benzene rings is 2. The number of hydrogen-bond donors (Lipinski definition) is 2. The number of nitro benzene ring substituents is 1. The van der Waals surface area contributed by atoms with Crippen molar-refractivity contribution in [1.29, 1.82) is 0 Å². The Bertz CT molecular complexity index is 874. The highest BCUT2D eigenvalue weighted by Gasteiger charge is 2.30. The maximum Gasteiger partial charge on any atom is 0.416 e. The highest BCUT2D eigenvalue weighted by molar-refractivity contribution is 5.55. The number of aliphatic hydroxyl groups excluding tert-OH is 1. The minimum atomic E-state index is -4.36. The molecule has 0 saturated carbocycles. The van der Waals surface area contributed by atoms with E-state index in [0.717, 1.165) is 25.5 Å². The number of nitro groups is 1. The van der Waals surface area contributed by atoms with Gasteiger partial charge >= 0.3 is 6.18 Å². The molecule has 1 aliphatic heterocycles. The Balaban J connectivity index is 1.66. The second-order valence-electron chi connectivity index (χ2n) is 7.18. The fraction of sp³-hybridized carbons (Fsp3) is 0.400. The van der Waals surface area contributed by atoms with E-state index in [1.807, 2.05) is 0 Å². The monoisotopic (exact) mass is 409 g/mol. The summed E-state index contributed by atoms with van der Waals surface area (Å²) in [5, 5.41) is 23.7. The molecule has 0 spiro atoms. The number of halogens is 3. The van der Waals surface area contributed by atoms with Crippen LogP contribution in [0, 0.1) is 10.1 Å². The van der Waals surface area contributed by atoms with Crippen molar-refractivity contribution in [2.75, 3.05) is 18.4 Å². The molecule has 0 amide bonds. The van der Waals surface area contributed by atoms with Gasteiger partial charge in [0, 0.05) is 30.9 Å². The van der Waals surface area contributed by atoms with Crippen LogP contribution in [0.3, 0.4) is 0 Å². The molecule has 1 aliphatic rings. The van der Waals surface area contributed by atoms with Crippen LogP contribution >= 0.6 is 0 Å². The molecule has 1 fully saturated rings. The topological polar surface area (TPSA) is 78.6 Å². The smallest absolute Gasteiger partial charge is 0.391 e. The molecule has 0 bridgehead atoms. The Morgan fingerprint density at radius 2 is 2.03 bits per heavy atom. The van der Waals surface area contributed by atoms with E-state index >= 15 is 0 Å². The summed E-state index contributed by atoms with van der Waals surface area (Å²) in [6.45, 7) is 1.39. The normalized spacial score (nSPS) is 17.9. The van der Waals surface area contributed by atoms with Gasteiger partial charge in [-0.25, -0.2) is 0 Å². The van der Waals surface area contributed by atoms with Gasteiger partial charge in [0.15, 0.2) is 0 Å². The number of hydrogen-bond acceptors (Lipinski definition) is 5. The van der Waals surface area contributed by atoms with Crippen LogP contribution in [0.2, 0.25) is 0 Å². The second-order valence-corrected chi connectivity index (χ2v) is 7.18. The molecule has 9 heteroatoms. The fourth-order valence-electron chi connectivity index (χ4n) is 3.61. The highest BCUT2D eigenvalue weighted by Crippen LogP contribution is 2.30. The number of aliphatic hydroxyl groups is 1. The predicted octanol–water partition coefficient (Wildman–Crippen LogP) is 4.18. The summed E-state index contributed by atoms with van der Waals surface area (Å²) in [4.78, 5) is 12.7. The van der Waals surface area contributed by atoms with E-state index in [4.69, 9.17) is 0 Å². The summed E-state index contributed by atoms with van der Waals surface area (Å²) in [5.41, 5.74) is 0.630. The third-order valence-electron chi connectivity index (χ3n) is 4.99. The van der Waals surface area contributed by atoms with Crippen molar-refractivity contribution in [3.8, 4) is 0 Å². The predicted molar refractivity (Wildman–Crippen MR) is 102 cm³/mol. The van der Waals surface area contributed by atoms with Crippen LogP contribution in [0.1, 0.15) is 29.5 Å². The number of alkyl halides is 3. The van der Waals surface area contributed by atoms with Crippen LogP contribution in [0.15, 0.2) is 42.5 Å². The quantitative estimate of drug-likeness (QED) is 0.553. The van der Waals surface area contributed by atoms with Crippen molar-refractivity contribution < 1.29 is 23.2 Å². The molecule has 1 saturated heterocycles. The van der Waals surface area contributed by atoms with Gasteiger partial charge in [-0.1, -0.05) is 18.2 Å². The summed E-state index contributed by atoms with van der Waals surface area (Å²) in [6.07, 6.45) is -2.64. The average Bonchev–Trinajstić information content (AvgIpc) is 2.68. The van der Waals surface area contributed by atoms with Gasteiger partial charge in [0.2, 0.25) is 0 Å². The van der Waals surface area contributed by atoms with E-state index in [-0.39, 0.29) is 17.3 Å². The molecule has 0 aliphatic carbocycles. The molecule has 6 nitrogen and oxygen atoms in total. The van der Waals surface area contributed by atoms with E-state index in [1.54, 1.807) is 12.1 Å². The van der Waals surface area contributed by atoms with Crippen molar-refractivity contribution in [1.82, 2.24) is 4.90 Å². The molecule has 0 aromatic heterocycles. The molecule has 1 heterocycles. The van der Waals surface area contributed by atoms with Crippen LogP contribution in [0.25, 0.3) is 0 Å². The average molecular weight is 409 g/mol. The van der Waals surface area contributed by atoms with Gasteiger partial charge < -0.3 is 10.4 Å². The standard InChI is InChI=1S/C20H22F3N3O3/c21-20(22,23)16-4-1-3-14(9-16)11-25-8-2-5-18(12-25)24-17-7-6-15(13-27)19(10-17)26(28)29/h1,3-4,6-7,9-10,18,24,27H,2,5,8,11-13H2. The van der Waals surface area contributed by atoms with E-state index in [0.29, 0.717) is 24.3 Å². The zero-order valence-corrected chi connectivity index (χ0v) is 15.7. The molecule has 1 atom stereocenters. The zero-order valence-electron chi connectivity index (χ0n) is 15.7. The number of anilines is 1. The number of piperidine rings is 1. The van der Waals surface area contributed by atoms with Crippen molar-refractivity contribution in [3.63, 3.8) is 0 Å². The van der Waals surface area contributed by atoms with E-state index in [1.165, 1.54) is 24.3 Å². The first kappa shape index (κ1) is 21.1. The summed E-state index contributed by atoms with van der Waals surface area (Å²) in [6, 6.07) is 9.96. The SMILES string of the molecule is O=[N+]([O-])c1cc(NC2CCCN(Cc3cccc(C(F)(F)F)c3)C2)ccc1CO. The molecule has 2 aromatic carbocycles. The van der Waals surface area contributed by atoms with Crippen molar-refractivity contribution in [3.05, 3.63) is 69.3 Å². The van der Waals surface area contributed by atoms with Gasteiger partial charge in [0.1, 0.15) is 0 Å². The lowest BCUT2D eigenvalue weighted by Crippen LogP contribution is -2.41. The maximum atomic E-state index is 12.9. The maximum absolute atomic E-state index is 12.9. The summed E-state index contributed by atoms with van der Waals surface area (Å²) in [5.74, 6) is 0. The number of rotatable bonds is 6. The first-order chi connectivity index (χ1) is 13.8. The Hall–Kier alpha value is -2.65. The number of nitrogens with one attached hydrogen (secondary N) is 1. The molecule has 3 rings (SSSR count). The highest BCUT2D eigenvalue weighted by atomic mass is 19.4. The molecule has 156 valence electrons. The Morgan fingerprint density at radius 3 is 2.72 bits per heavy atom. The minimum Gasteiger partial charge on any atom is -0.391 e. The van der Waals surface area contributed by atoms with Gasteiger partial charge in [-0.2, -0.15) is 13.2 Å². The number of likely N-dealkylation sites (tertiary alicyclic amines) is 1. The number of nitrogens with zero attached hydrogens (tertiary/aromatic N) is 2. The minimum absolute atomic E-state index is 0.0223. The molecular formula is C20H22F3N3O3. The Labute approximate surface area is 166 Å².